The Labute approximate surface area is 168 Å². The molecule has 0 aliphatic carbocycles. The number of fused-ring (bicyclic) bond motifs is 1. The zero-order valence-electron chi connectivity index (χ0n) is 16.8. The fourth-order valence-corrected chi connectivity index (χ4v) is 3.07. The first-order valence-electron chi connectivity index (χ1n) is 9.32. The van der Waals surface area contributed by atoms with E-state index in [1.807, 2.05) is 50.2 Å². The van der Waals surface area contributed by atoms with Gasteiger partial charge in [0.05, 0.1) is 25.3 Å². The quantitative estimate of drug-likeness (QED) is 0.507. The van der Waals surface area contributed by atoms with E-state index in [0.29, 0.717) is 23.9 Å². The largest absolute Gasteiger partial charge is 0.494 e. The normalized spacial score (nSPS) is 12.3. The van der Waals surface area contributed by atoms with Crippen LogP contribution in [0.2, 0.25) is 0 Å². The van der Waals surface area contributed by atoms with Gasteiger partial charge in [0.25, 0.3) is 0 Å². The lowest BCUT2D eigenvalue weighted by Gasteiger charge is -2.12. The van der Waals surface area contributed by atoms with E-state index >= 15 is 0 Å². The van der Waals surface area contributed by atoms with Crippen LogP contribution in [0.25, 0.3) is 16.8 Å². The van der Waals surface area contributed by atoms with Crippen LogP contribution in [-0.2, 0) is 11.2 Å². The van der Waals surface area contributed by atoms with Crippen LogP contribution >= 0.6 is 0 Å². The van der Waals surface area contributed by atoms with Gasteiger partial charge in [0, 0.05) is 18.9 Å². The Morgan fingerprint density at radius 2 is 2.07 bits per heavy atom. The number of nitrogens with one attached hydrogen (secondary N) is 1. The summed E-state index contributed by atoms with van der Waals surface area (Å²) in [5.74, 6) is 2.03. The van der Waals surface area contributed by atoms with Crippen LogP contribution < -0.4 is 10.1 Å². The second kappa shape index (κ2) is 7.92. The van der Waals surface area contributed by atoms with E-state index in [9.17, 15) is 0 Å². The number of oxazole rings is 1. The average molecular weight is 393 g/mol. The maximum atomic E-state index is 5.87. The molecule has 2 aromatic heterocycles. The summed E-state index contributed by atoms with van der Waals surface area (Å²) in [7, 11) is 3.31. The molecule has 0 saturated heterocycles. The predicted octanol–water partition coefficient (Wildman–Crippen LogP) is 4.05. The van der Waals surface area contributed by atoms with Crippen LogP contribution in [0.5, 0.6) is 5.75 Å². The van der Waals surface area contributed by atoms with Crippen molar-refractivity contribution in [3.63, 3.8) is 0 Å². The van der Waals surface area contributed by atoms with Gasteiger partial charge < -0.3 is 19.2 Å². The maximum Gasteiger partial charge on any atom is 0.198 e. The topological polar surface area (TPSA) is 87.2 Å². The summed E-state index contributed by atoms with van der Waals surface area (Å²) in [6.45, 7) is 3.83. The monoisotopic (exact) mass is 393 g/mol. The number of aryl methyl sites for hydroxylation is 1. The number of hydrogen-bond donors (Lipinski definition) is 1. The fraction of sp³-hybridized carbons (Fsp3) is 0.286. The molecule has 8 heteroatoms. The molecule has 1 unspecified atom stereocenters. The Morgan fingerprint density at radius 1 is 1.21 bits per heavy atom. The maximum absolute atomic E-state index is 5.87. The van der Waals surface area contributed by atoms with Crippen molar-refractivity contribution in [3.05, 3.63) is 54.4 Å². The van der Waals surface area contributed by atoms with Gasteiger partial charge in [-0.2, -0.15) is 5.10 Å². The third kappa shape index (κ3) is 3.93. The van der Waals surface area contributed by atoms with Crippen LogP contribution in [0.15, 0.2) is 47.1 Å². The van der Waals surface area contributed by atoms with Gasteiger partial charge in [-0.1, -0.05) is 6.07 Å². The molecule has 0 saturated carbocycles. The standard InChI is InChI=1S/C21H23N5O3/c1-13(27-3)10-20-24-21-16(6-5-7-18(21)29-20)23-15-8-9-17(19(11-15)28-4)26-12-22-14(2)25-26/h5-9,11-13,23H,10H2,1-4H3. The molecule has 1 atom stereocenters. The highest BCUT2D eigenvalue weighted by Crippen LogP contribution is 2.31. The second-order valence-corrected chi connectivity index (χ2v) is 6.76. The Bertz CT molecular complexity index is 1130. The molecular weight excluding hydrogens is 370 g/mol. The number of nitrogens with zero attached hydrogens (tertiary/aromatic N) is 4. The minimum Gasteiger partial charge on any atom is -0.494 e. The van der Waals surface area contributed by atoms with E-state index in [2.05, 4.69) is 20.4 Å². The molecule has 8 nitrogen and oxygen atoms in total. The number of aromatic nitrogens is 4. The van der Waals surface area contributed by atoms with E-state index in [4.69, 9.17) is 13.9 Å². The highest BCUT2D eigenvalue weighted by Gasteiger charge is 2.14. The molecule has 0 spiro atoms. The SMILES string of the molecule is COc1cc(Nc2cccc3oc(CC(C)OC)nc23)ccc1-n1cnc(C)n1. The Morgan fingerprint density at radius 3 is 2.79 bits per heavy atom. The molecule has 0 amide bonds. The molecule has 4 aromatic rings. The number of methoxy groups -OCH3 is 2. The highest BCUT2D eigenvalue weighted by molar-refractivity contribution is 5.89. The minimum absolute atomic E-state index is 0.0386. The summed E-state index contributed by atoms with van der Waals surface area (Å²) in [4.78, 5) is 8.82. The lowest BCUT2D eigenvalue weighted by Crippen LogP contribution is -2.08. The lowest BCUT2D eigenvalue weighted by molar-refractivity contribution is 0.113. The number of benzene rings is 2. The summed E-state index contributed by atoms with van der Waals surface area (Å²) in [6.07, 6.45) is 2.32. The Balaban J connectivity index is 1.64. The van der Waals surface area contributed by atoms with Crippen molar-refractivity contribution >= 4 is 22.5 Å². The molecular formula is C21H23N5O3. The summed E-state index contributed by atoms with van der Waals surface area (Å²) in [5.41, 5.74) is 4.04. The number of rotatable bonds is 7. The molecule has 0 radical (unpaired) electrons. The minimum atomic E-state index is 0.0386. The number of para-hydroxylation sites is 1. The average Bonchev–Trinajstić information content (AvgIpc) is 3.34. The smallest absolute Gasteiger partial charge is 0.198 e. The van der Waals surface area contributed by atoms with Crippen LogP contribution in [0.4, 0.5) is 11.4 Å². The first-order valence-corrected chi connectivity index (χ1v) is 9.32. The van der Waals surface area contributed by atoms with Gasteiger partial charge in [-0.05, 0) is 38.1 Å². The molecule has 29 heavy (non-hydrogen) atoms. The third-order valence-corrected chi connectivity index (χ3v) is 4.64. The van der Waals surface area contributed by atoms with Gasteiger partial charge in [0.15, 0.2) is 11.5 Å². The molecule has 0 fully saturated rings. The van der Waals surface area contributed by atoms with Crippen molar-refractivity contribution in [2.24, 2.45) is 0 Å². The molecule has 0 aliphatic heterocycles. The van der Waals surface area contributed by atoms with Crippen molar-refractivity contribution in [1.82, 2.24) is 19.7 Å². The predicted molar refractivity (Wildman–Crippen MR) is 110 cm³/mol. The molecule has 0 bridgehead atoms. The van der Waals surface area contributed by atoms with Crippen molar-refractivity contribution in [2.75, 3.05) is 19.5 Å². The molecule has 4 rings (SSSR count). The van der Waals surface area contributed by atoms with E-state index in [-0.39, 0.29) is 6.10 Å². The Kier molecular flexibility index (Phi) is 5.18. The van der Waals surface area contributed by atoms with Gasteiger partial charge in [-0.25, -0.2) is 14.6 Å². The van der Waals surface area contributed by atoms with E-state index < -0.39 is 0 Å². The van der Waals surface area contributed by atoms with E-state index in [0.717, 1.165) is 28.2 Å². The Hall–Kier alpha value is -3.39. The molecule has 2 aromatic carbocycles. The van der Waals surface area contributed by atoms with Gasteiger partial charge in [-0.15, -0.1) is 0 Å². The zero-order chi connectivity index (χ0) is 20.4. The second-order valence-electron chi connectivity index (χ2n) is 6.76. The highest BCUT2D eigenvalue weighted by atomic mass is 16.5. The van der Waals surface area contributed by atoms with E-state index in [1.165, 1.54) is 0 Å². The van der Waals surface area contributed by atoms with Gasteiger partial charge in [0.1, 0.15) is 29.1 Å². The molecule has 2 heterocycles. The first-order chi connectivity index (χ1) is 14.1. The van der Waals surface area contributed by atoms with Crippen molar-refractivity contribution in [1.29, 1.82) is 0 Å². The number of anilines is 2. The number of ether oxygens (including phenoxy) is 2. The third-order valence-electron chi connectivity index (χ3n) is 4.64. The summed E-state index contributed by atoms with van der Waals surface area (Å²) in [6, 6.07) is 11.6. The van der Waals surface area contributed by atoms with Gasteiger partial charge in [-0.3, -0.25) is 0 Å². The molecule has 1 N–H and O–H groups in total. The van der Waals surface area contributed by atoms with Gasteiger partial charge in [0.2, 0.25) is 0 Å². The van der Waals surface area contributed by atoms with Crippen molar-refractivity contribution in [3.8, 4) is 11.4 Å². The molecule has 150 valence electrons. The summed E-state index contributed by atoms with van der Waals surface area (Å²) < 4.78 is 18.4. The lowest BCUT2D eigenvalue weighted by atomic mass is 10.2. The van der Waals surface area contributed by atoms with Crippen LogP contribution in [-0.4, -0.2) is 40.1 Å². The van der Waals surface area contributed by atoms with Crippen LogP contribution in [0, 0.1) is 6.92 Å². The fourth-order valence-electron chi connectivity index (χ4n) is 3.07. The van der Waals surface area contributed by atoms with Crippen molar-refractivity contribution < 1.29 is 13.9 Å². The summed E-state index contributed by atoms with van der Waals surface area (Å²) in [5, 5.41) is 7.76. The number of hydrogen-bond acceptors (Lipinski definition) is 7. The molecule has 0 aliphatic rings. The first kappa shape index (κ1) is 18.9. The van der Waals surface area contributed by atoms with E-state index in [1.54, 1.807) is 25.2 Å². The van der Waals surface area contributed by atoms with Crippen LogP contribution in [0.1, 0.15) is 18.6 Å². The van der Waals surface area contributed by atoms with Gasteiger partial charge >= 0.3 is 0 Å². The van der Waals surface area contributed by atoms with Crippen molar-refractivity contribution in [2.45, 2.75) is 26.4 Å². The zero-order valence-corrected chi connectivity index (χ0v) is 16.8. The van der Waals surface area contributed by atoms with Crippen LogP contribution in [0.3, 0.4) is 0 Å². The summed E-state index contributed by atoms with van der Waals surface area (Å²) >= 11 is 0.